The standard InChI is InChI=1S/C19H29BrO2/c1-18-9-7-12(21)10-11(18)5-6-13-14-4-3-8-19(14,2)17(20)16(22)15(13)18/h11-15,17,21H,3-10H2,1-2H3/t11-,12-,13+,14+,15-,17+,18+,19-/m1/s1. The molecule has 0 saturated heterocycles. The van der Waals surface area contributed by atoms with Crippen LogP contribution in [0.25, 0.3) is 0 Å². The van der Waals surface area contributed by atoms with E-state index in [4.69, 9.17) is 0 Å². The van der Waals surface area contributed by atoms with E-state index in [9.17, 15) is 9.90 Å². The predicted octanol–water partition coefficient (Wildman–Crippen LogP) is 4.33. The van der Waals surface area contributed by atoms with Gasteiger partial charge in [0.1, 0.15) is 0 Å². The van der Waals surface area contributed by atoms with E-state index in [1.54, 1.807) is 0 Å². The minimum absolute atomic E-state index is 0.0520. The van der Waals surface area contributed by atoms with Gasteiger partial charge in [-0.15, -0.1) is 0 Å². The summed E-state index contributed by atoms with van der Waals surface area (Å²) in [5, 5.41) is 10.1. The Hall–Kier alpha value is 0.110. The highest BCUT2D eigenvalue weighted by Crippen LogP contribution is 2.66. The van der Waals surface area contributed by atoms with Crippen molar-refractivity contribution in [2.75, 3.05) is 0 Å². The number of aliphatic hydroxyl groups is 1. The fourth-order valence-corrected chi connectivity index (χ4v) is 7.84. The lowest BCUT2D eigenvalue weighted by Gasteiger charge is -2.60. The molecule has 3 heteroatoms. The van der Waals surface area contributed by atoms with Crippen LogP contribution in [0.4, 0.5) is 0 Å². The smallest absolute Gasteiger partial charge is 0.150 e. The van der Waals surface area contributed by atoms with Crippen LogP contribution in [0.1, 0.15) is 65.2 Å². The third kappa shape index (κ3) is 1.90. The maximum absolute atomic E-state index is 13.3. The monoisotopic (exact) mass is 368 g/mol. The fraction of sp³-hybridized carbons (Fsp3) is 0.947. The van der Waals surface area contributed by atoms with Crippen LogP contribution < -0.4 is 0 Å². The van der Waals surface area contributed by atoms with Gasteiger partial charge in [0.15, 0.2) is 5.78 Å². The van der Waals surface area contributed by atoms with Gasteiger partial charge in [0.25, 0.3) is 0 Å². The molecular formula is C19H29BrO2. The number of aliphatic hydroxyl groups excluding tert-OH is 1. The van der Waals surface area contributed by atoms with Crippen molar-refractivity contribution in [2.45, 2.75) is 76.1 Å². The lowest BCUT2D eigenvalue weighted by Crippen LogP contribution is -2.60. The summed E-state index contributed by atoms with van der Waals surface area (Å²) in [5.41, 5.74) is 0.324. The maximum atomic E-state index is 13.3. The summed E-state index contributed by atoms with van der Waals surface area (Å²) < 4.78 is 0. The molecule has 4 fully saturated rings. The highest BCUT2D eigenvalue weighted by molar-refractivity contribution is 9.10. The number of hydrogen-bond acceptors (Lipinski definition) is 2. The van der Waals surface area contributed by atoms with Crippen LogP contribution in [-0.4, -0.2) is 21.8 Å². The number of halogens is 1. The number of carbonyl (C=O) groups excluding carboxylic acids is 1. The Morgan fingerprint density at radius 2 is 1.86 bits per heavy atom. The van der Waals surface area contributed by atoms with Crippen molar-refractivity contribution in [3.8, 4) is 0 Å². The molecule has 4 aliphatic rings. The van der Waals surface area contributed by atoms with Crippen molar-refractivity contribution < 1.29 is 9.90 Å². The molecule has 0 unspecified atom stereocenters. The number of hydrogen-bond donors (Lipinski definition) is 1. The summed E-state index contributed by atoms with van der Waals surface area (Å²) in [5.74, 6) is 2.61. The van der Waals surface area contributed by atoms with Gasteiger partial charge in [-0.25, -0.2) is 0 Å². The van der Waals surface area contributed by atoms with Gasteiger partial charge in [-0.1, -0.05) is 36.2 Å². The summed E-state index contributed by atoms with van der Waals surface area (Å²) in [6, 6.07) is 0. The number of carbonyl (C=O) groups is 1. The normalized spacial score (nSPS) is 57.9. The first-order valence-corrected chi connectivity index (χ1v) is 10.2. The van der Waals surface area contributed by atoms with Crippen LogP contribution >= 0.6 is 15.9 Å². The minimum atomic E-state index is -0.134. The van der Waals surface area contributed by atoms with Gasteiger partial charge in [0.2, 0.25) is 0 Å². The Balaban J connectivity index is 1.73. The molecule has 22 heavy (non-hydrogen) atoms. The fourth-order valence-electron chi connectivity index (χ4n) is 6.99. The molecule has 8 atom stereocenters. The van der Waals surface area contributed by atoms with E-state index < -0.39 is 0 Å². The second-order valence-corrected chi connectivity index (χ2v) is 10.0. The number of fused-ring (bicyclic) bond motifs is 5. The number of alkyl halides is 1. The number of ketones is 1. The Morgan fingerprint density at radius 1 is 1.09 bits per heavy atom. The van der Waals surface area contributed by atoms with Crippen molar-refractivity contribution >= 4 is 21.7 Å². The van der Waals surface area contributed by atoms with Crippen LogP contribution in [0.2, 0.25) is 0 Å². The minimum Gasteiger partial charge on any atom is -0.393 e. The van der Waals surface area contributed by atoms with Gasteiger partial charge in [0, 0.05) is 5.92 Å². The van der Waals surface area contributed by atoms with E-state index in [0.717, 1.165) is 25.2 Å². The van der Waals surface area contributed by atoms with E-state index in [-0.39, 0.29) is 27.7 Å². The Morgan fingerprint density at radius 3 is 2.64 bits per heavy atom. The van der Waals surface area contributed by atoms with E-state index in [0.29, 0.717) is 17.6 Å². The van der Waals surface area contributed by atoms with Crippen molar-refractivity contribution in [1.29, 1.82) is 0 Å². The summed E-state index contributed by atoms with van der Waals surface area (Å²) in [4.78, 5) is 13.4. The second-order valence-electron chi connectivity index (χ2n) is 9.12. The molecule has 4 saturated carbocycles. The Bertz CT molecular complexity index is 492. The largest absolute Gasteiger partial charge is 0.393 e. The van der Waals surface area contributed by atoms with Crippen LogP contribution in [0.3, 0.4) is 0 Å². The topological polar surface area (TPSA) is 37.3 Å². The first-order valence-electron chi connectivity index (χ1n) is 9.24. The molecule has 0 radical (unpaired) electrons. The molecule has 0 aliphatic heterocycles. The van der Waals surface area contributed by atoms with Gasteiger partial charge in [-0.2, -0.15) is 0 Å². The summed E-state index contributed by atoms with van der Waals surface area (Å²) in [6.07, 6.45) is 8.96. The molecule has 4 rings (SSSR count). The van der Waals surface area contributed by atoms with Crippen molar-refractivity contribution in [2.24, 2.45) is 34.5 Å². The molecule has 1 N–H and O–H groups in total. The van der Waals surface area contributed by atoms with Crippen LogP contribution in [-0.2, 0) is 4.79 Å². The van der Waals surface area contributed by atoms with E-state index in [2.05, 4.69) is 29.8 Å². The van der Waals surface area contributed by atoms with Crippen LogP contribution in [0.5, 0.6) is 0 Å². The first kappa shape index (κ1) is 15.6. The zero-order valence-corrected chi connectivity index (χ0v) is 15.4. The molecule has 0 aromatic carbocycles. The molecule has 0 spiro atoms. The van der Waals surface area contributed by atoms with E-state index >= 15 is 0 Å². The molecule has 124 valence electrons. The third-order valence-corrected chi connectivity index (χ3v) is 9.72. The van der Waals surface area contributed by atoms with E-state index in [1.807, 2.05) is 0 Å². The van der Waals surface area contributed by atoms with Crippen molar-refractivity contribution in [3.63, 3.8) is 0 Å². The Kier molecular flexibility index (Phi) is 3.59. The third-order valence-electron chi connectivity index (χ3n) is 8.22. The van der Waals surface area contributed by atoms with Gasteiger partial charge in [0.05, 0.1) is 10.9 Å². The SMILES string of the molecule is C[C@@]12CCC[C@H]1[C@@H]1CC[C@@H]3C[C@H](O)CC[C@]3(C)[C@H]1C(=O)[C@@H]2Br. The molecule has 0 aromatic heterocycles. The second kappa shape index (κ2) is 5.05. The van der Waals surface area contributed by atoms with Crippen molar-refractivity contribution in [1.82, 2.24) is 0 Å². The first-order chi connectivity index (χ1) is 10.4. The average molecular weight is 369 g/mol. The average Bonchev–Trinajstić information content (AvgIpc) is 2.88. The van der Waals surface area contributed by atoms with Gasteiger partial charge in [-0.3, -0.25) is 4.79 Å². The van der Waals surface area contributed by atoms with Gasteiger partial charge < -0.3 is 5.11 Å². The maximum Gasteiger partial charge on any atom is 0.150 e. The zero-order chi connectivity index (χ0) is 15.7. The van der Waals surface area contributed by atoms with Gasteiger partial charge in [-0.05, 0) is 73.5 Å². The highest BCUT2D eigenvalue weighted by atomic mass is 79.9. The quantitative estimate of drug-likeness (QED) is 0.646. The summed E-state index contributed by atoms with van der Waals surface area (Å²) >= 11 is 3.83. The summed E-state index contributed by atoms with van der Waals surface area (Å²) in [7, 11) is 0. The van der Waals surface area contributed by atoms with Gasteiger partial charge >= 0.3 is 0 Å². The van der Waals surface area contributed by atoms with Crippen LogP contribution in [0, 0.1) is 34.5 Å². The van der Waals surface area contributed by atoms with Crippen molar-refractivity contribution in [3.05, 3.63) is 0 Å². The highest BCUT2D eigenvalue weighted by Gasteiger charge is 2.64. The Labute approximate surface area is 142 Å². The number of Topliss-reactive ketones (excluding diaryl/α,β-unsaturated/α-hetero) is 1. The lowest BCUT2D eigenvalue weighted by molar-refractivity contribution is -0.157. The molecule has 2 nitrogen and oxygen atoms in total. The molecule has 0 aromatic rings. The molecule has 0 bridgehead atoms. The zero-order valence-electron chi connectivity index (χ0n) is 13.9. The molecule has 0 amide bonds. The molecular weight excluding hydrogens is 340 g/mol. The van der Waals surface area contributed by atoms with Crippen LogP contribution in [0.15, 0.2) is 0 Å². The lowest BCUT2D eigenvalue weighted by atomic mass is 9.45. The summed E-state index contributed by atoms with van der Waals surface area (Å²) in [6.45, 7) is 4.73. The van der Waals surface area contributed by atoms with E-state index in [1.165, 1.54) is 32.1 Å². The molecule has 4 aliphatic carbocycles. The molecule has 0 heterocycles. The predicted molar refractivity (Wildman–Crippen MR) is 90.8 cm³/mol. The number of rotatable bonds is 0.